The van der Waals surface area contributed by atoms with Crippen LogP contribution in [-0.4, -0.2) is 9.97 Å². The Bertz CT molecular complexity index is 3200. The zero-order valence-corrected chi connectivity index (χ0v) is 30.2. The average Bonchev–Trinajstić information content (AvgIpc) is 3.84. The number of rotatable bonds is 6. The molecule has 1 N–H and O–H groups in total. The maximum Gasteiger partial charge on any atom is 0.153 e. The fourth-order valence-electron chi connectivity index (χ4n) is 8.06. The number of benzene rings is 6. The van der Waals surface area contributed by atoms with Crippen molar-refractivity contribution in [3.05, 3.63) is 200 Å². The predicted octanol–water partition coefficient (Wildman–Crippen LogP) is 13.2. The van der Waals surface area contributed by atoms with E-state index in [1.165, 1.54) is 22.3 Å². The molecule has 0 radical (unpaired) electrons. The van der Waals surface area contributed by atoms with Gasteiger partial charge >= 0.3 is 0 Å². The Balaban J connectivity index is 0.848. The monoisotopic (exact) mass is 719 g/mol. The Morgan fingerprint density at radius 3 is 1.43 bits per heavy atom. The van der Waals surface area contributed by atoms with Crippen molar-refractivity contribution in [1.29, 1.82) is 0 Å². The molecule has 0 saturated carbocycles. The fraction of sp³-hybridized carbons (Fsp3) is 0.0196. The minimum Gasteiger partial charge on any atom is -0.454 e. The van der Waals surface area contributed by atoms with Crippen molar-refractivity contribution in [3.63, 3.8) is 0 Å². The average molecular weight is 720 g/mol. The first-order chi connectivity index (χ1) is 27.7. The summed E-state index contributed by atoms with van der Waals surface area (Å²) in [6, 6.07) is 52.0. The molecule has 1 unspecified atom stereocenters. The SMILES string of the molecule is C1=CC(c2cccc(-c3cccc(-c4ccc5oc6cnccc6c5c4)c3)c2)NC(c2cccc(-c3cccc(-c4ccc5oc6cnccc6c5c4)c3)c2)=C1. The number of pyridine rings is 2. The van der Waals surface area contributed by atoms with E-state index in [9.17, 15) is 0 Å². The first kappa shape index (κ1) is 32.0. The van der Waals surface area contributed by atoms with Crippen LogP contribution in [0.4, 0.5) is 0 Å². The van der Waals surface area contributed by atoms with Crippen LogP contribution in [0.1, 0.15) is 17.2 Å². The molecule has 4 aromatic heterocycles. The van der Waals surface area contributed by atoms with Crippen molar-refractivity contribution < 1.29 is 8.83 Å². The normalized spacial score (nSPS) is 14.1. The third-order valence-corrected chi connectivity index (χ3v) is 10.9. The van der Waals surface area contributed by atoms with E-state index in [2.05, 4.69) is 167 Å². The Morgan fingerprint density at radius 1 is 0.411 bits per heavy atom. The second-order valence-electron chi connectivity index (χ2n) is 14.3. The summed E-state index contributed by atoms with van der Waals surface area (Å²) in [5.74, 6) is 0. The van der Waals surface area contributed by atoms with Gasteiger partial charge < -0.3 is 14.2 Å². The number of dihydropyridines is 1. The molecule has 1 atom stereocenters. The highest BCUT2D eigenvalue weighted by Gasteiger charge is 2.16. The molecule has 0 spiro atoms. The van der Waals surface area contributed by atoms with E-state index in [1.54, 1.807) is 12.4 Å². The first-order valence-corrected chi connectivity index (χ1v) is 18.8. The lowest BCUT2D eigenvalue weighted by Crippen LogP contribution is -2.20. The number of hydrogen-bond donors (Lipinski definition) is 1. The van der Waals surface area contributed by atoms with E-state index in [-0.39, 0.29) is 6.04 Å². The number of aromatic nitrogens is 2. The van der Waals surface area contributed by atoms with E-state index in [0.717, 1.165) is 83.0 Å². The molecule has 10 aromatic rings. The lowest BCUT2D eigenvalue weighted by Gasteiger charge is -2.23. The smallest absolute Gasteiger partial charge is 0.153 e. The van der Waals surface area contributed by atoms with Crippen LogP contribution in [0.15, 0.2) is 197 Å². The van der Waals surface area contributed by atoms with Gasteiger partial charge in [-0.1, -0.05) is 97.1 Å². The number of nitrogens with zero attached hydrogens (tertiary/aromatic N) is 2. The Kier molecular flexibility index (Phi) is 7.49. The minimum atomic E-state index is 0.0288. The molecule has 56 heavy (non-hydrogen) atoms. The van der Waals surface area contributed by atoms with E-state index in [1.807, 2.05) is 24.5 Å². The Morgan fingerprint density at radius 2 is 0.875 bits per heavy atom. The summed E-state index contributed by atoms with van der Waals surface area (Å²) in [6.07, 6.45) is 13.7. The zero-order chi connectivity index (χ0) is 37.0. The number of nitrogens with one attached hydrogen (secondary N) is 1. The van der Waals surface area contributed by atoms with Gasteiger partial charge in [-0.15, -0.1) is 0 Å². The second-order valence-corrected chi connectivity index (χ2v) is 14.3. The summed E-state index contributed by atoms with van der Waals surface area (Å²) in [7, 11) is 0. The van der Waals surface area contributed by atoms with E-state index in [4.69, 9.17) is 8.83 Å². The number of allylic oxidation sites excluding steroid dienone is 2. The van der Waals surface area contributed by atoms with Gasteiger partial charge in [-0.05, 0) is 122 Å². The van der Waals surface area contributed by atoms with Gasteiger partial charge in [0.25, 0.3) is 0 Å². The van der Waals surface area contributed by atoms with Crippen LogP contribution in [0.25, 0.3) is 94.1 Å². The summed E-state index contributed by atoms with van der Waals surface area (Å²) < 4.78 is 12.1. The summed E-state index contributed by atoms with van der Waals surface area (Å²) in [6.45, 7) is 0. The highest BCUT2D eigenvalue weighted by Crippen LogP contribution is 2.36. The number of hydrogen-bond acceptors (Lipinski definition) is 5. The molecule has 11 rings (SSSR count). The minimum absolute atomic E-state index is 0.0288. The molecule has 5 heterocycles. The van der Waals surface area contributed by atoms with Gasteiger partial charge in [0.05, 0.1) is 18.4 Å². The van der Waals surface area contributed by atoms with Gasteiger partial charge in [0.1, 0.15) is 11.2 Å². The molecule has 1 aliphatic rings. The Labute approximate surface area is 322 Å². The largest absolute Gasteiger partial charge is 0.454 e. The third kappa shape index (κ3) is 5.65. The molecule has 264 valence electrons. The van der Waals surface area contributed by atoms with Crippen LogP contribution in [-0.2, 0) is 0 Å². The molecule has 0 saturated heterocycles. The number of furan rings is 2. The molecule has 0 amide bonds. The number of fused-ring (bicyclic) bond motifs is 6. The molecule has 5 nitrogen and oxygen atoms in total. The van der Waals surface area contributed by atoms with Crippen molar-refractivity contribution in [2.45, 2.75) is 6.04 Å². The van der Waals surface area contributed by atoms with Crippen LogP contribution < -0.4 is 5.32 Å². The van der Waals surface area contributed by atoms with Crippen molar-refractivity contribution in [3.8, 4) is 44.5 Å². The van der Waals surface area contributed by atoms with Crippen molar-refractivity contribution in [1.82, 2.24) is 15.3 Å². The molecule has 6 aromatic carbocycles. The molecule has 5 heteroatoms. The highest BCUT2D eigenvalue weighted by atomic mass is 16.3. The second kappa shape index (κ2) is 13.1. The van der Waals surface area contributed by atoms with Gasteiger partial charge in [-0.2, -0.15) is 0 Å². The molecular weight excluding hydrogens is 687 g/mol. The Hall–Kier alpha value is -7.50. The molecule has 0 fully saturated rings. The van der Waals surface area contributed by atoms with Crippen LogP contribution in [0.3, 0.4) is 0 Å². The lowest BCUT2D eigenvalue weighted by molar-refractivity contribution is 0.666. The standard InChI is InChI=1S/C51H33N3O2/c1-6-32(24-34(8-1)38-16-18-48-44(28-38)42-20-22-52-30-50(42)55-48)36-10-3-12-40(26-36)46-14-5-15-47(54-46)41-13-4-11-37(27-41)33-7-2-9-35(25-33)39-17-19-49-45(29-39)43-21-23-53-31-51(43)56-49/h1-31,46,54H. The van der Waals surface area contributed by atoms with Crippen molar-refractivity contribution >= 4 is 49.6 Å². The van der Waals surface area contributed by atoms with E-state index in [0.29, 0.717) is 0 Å². The van der Waals surface area contributed by atoms with Gasteiger partial charge in [-0.3, -0.25) is 9.97 Å². The molecule has 1 aliphatic heterocycles. The van der Waals surface area contributed by atoms with E-state index < -0.39 is 0 Å². The summed E-state index contributed by atoms with van der Waals surface area (Å²) in [5, 5.41) is 8.18. The summed E-state index contributed by atoms with van der Waals surface area (Å²) in [4.78, 5) is 8.45. The summed E-state index contributed by atoms with van der Waals surface area (Å²) >= 11 is 0. The van der Waals surface area contributed by atoms with Gasteiger partial charge in [-0.25, -0.2) is 0 Å². The van der Waals surface area contributed by atoms with Gasteiger partial charge in [0.15, 0.2) is 11.2 Å². The molecular formula is C51H33N3O2. The predicted molar refractivity (Wildman–Crippen MR) is 228 cm³/mol. The molecule has 0 aliphatic carbocycles. The third-order valence-electron chi connectivity index (χ3n) is 10.9. The van der Waals surface area contributed by atoms with Gasteiger partial charge in [0.2, 0.25) is 0 Å². The maximum absolute atomic E-state index is 6.03. The fourth-order valence-corrected chi connectivity index (χ4v) is 8.06. The first-order valence-electron chi connectivity index (χ1n) is 18.8. The summed E-state index contributed by atoms with van der Waals surface area (Å²) in [5.41, 5.74) is 16.1. The van der Waals surface area contributed by atoms with Crippen LogP contribution in [0.2, 0.25) is 0 Å². The molecule has 0 bridgehead atoms. The quantitative estimate of drug-likeness (QED) is 0.185. The van der Waals surface area contributed by atoms with Crippen molar-refractivity contribution in [2.24, 2.45) is 0 Å². The zero-order valence-electron chi connectivity index (χ0n) is 30.2. The van der Waals surface area contributed by atoms with Crippen LogP contribution in [0.5, 0.6) is 0 Å². The topological polar surface area (TPSA) is 64.1 Å². The highest BCUT2D eigenvalue weighted by molar-refractivity contribution is 6.07. The van der Waals surface area contributed by atoms with Crippen LogP contribution >= 0.6 is 0 Å². The van der Waals surface area contributed by atoms with Crippen LogP contribution in [0, 0.1) is 0 Å². The van der Waals surface area contributed by atoms with Crippen molar-refractivity contribution in [2.75, 3.05) is 0 Å². The lowest BCUT2D eigenvalue weighted by atomic mass is 9.94. The van der Waals surface area contributed by atoms with E-state index >= 15 is 0 Å². The maximum atomic E-state index is 6.03. The van der Waals surface area contributed by atoms with Gasteiger partial charge in [0, 0.05) is 39.6 Å².